The molecular weight excluding hydrogens is 318 g/mol. The van der Waals surface area contributed by atoms with Crippen molar-refractivity contribution >= 4 is 10.2 Å². The van der Waals surface area contributed by atoms with Gasteiger partial charge in [0.2, 0.25) is 0 Å². The number of aromatic nitrogens is 3. The second kappa shape index (κ2) is 6.84. The zero-order valence-electron chi connectivity index (χ0n) is 13.7. The third-order valence-electron chi connectivity index (χ3n) is 4.44. The van der Waals surface area contributed by atoms with Gasteiger partial charge in [-0.3, -0.25) is 0 Å². The normalized spacial score (nSPS) is 26.2. The molecule has 8 nitrogen and oxygen atoms in total. The van der Waals surface area contributed by atoms with Crippen molar-refractivity contribution in [3.05, 3.63) is 11.6 Å². The summed E-state index contributed by atoms with van der Waals surface area (Å²) in [5.74, 6) is 1.70. The molecular formula is C14H25N5O3S. The first-order valence-corrected chi connectivity index (χ1v) is 9.63. The lowest BCUT2D eigenvalue weighted by molar-refractivity contribution is 0.177. The monoisotopic (exact) mass is 343 g/mol. The van der Waals surface area contributed by atoms with Crippen LogP contribution in [0.25, 0.3) is 0 Å². The first-order valence-electron chi connectivity index (χ1n) is 8.19. The third-order valence-corrected chi connectivity index (χ3v) is 6.04. The van der Waals surface area contributed by atoms with Crippen molar-refractivity contribution < 1.29 is 13.2 Å². The number of piperidine rings is 1. The van der Waals surface area contributed by atoms with Gasteiger partial charge in [0, 0.05) is 26.7 Å². The Balaban J connectivity index is 1.75. The maximum Gasteiger partial charge on any atom is 0.280 e. The second-order valence-electron chi connectivity index (χ2n) is 6.47. The molecule has 130 valence electrons. The van der Waals surface area contributed by atoms with Crippen LogP contribution in [0, 0.1) is 5.92 Å². The Morgan fingerprint density at radius 2 is 2.09 bits per heavy atom. The van der Waals surface area contributed by atoms with Crippen LogP contribution in [0.4, 0.5) is 0 Å². The number of nitrogens with one attached hydrogen (secondary N) is 1. The molecule has 1 fully saturated rings. The Bertz CT molecular complexity index is 645. The molecule has 3 heterocycles. The van der Waals surface area contributed by atoms with Gasteiger partial charge in [-0.2, -0.15) is 22.5 Å². The Kier molecular flexibility index (Phi) is 5.00. The summed E-state index contributed by atoms with van der Waals surface area (Å²) < 4.78 is 36.6. The minimum atomic E-state index is -3.49. The summed E-state index contributed by atoms with van der Waals surface area (Å²) in [6, 6.07) is -0.316. The average Bonchev–Trinajstić information content (AvgIpc) is 2.91. The van der Waals surface area contributed by atoms with E-state index in [-0.39, 0.29) is 6.04 Å². The Morgan fingerprint density at radius 1 is 1.30 bits per heavy atom. The predicted molar refractivity (Wildman–Crippen MR) is 84.7 cm³/mol. The quantitative estimate of drug-likeness (QED) is 0.855. The highest BCUT2D eigenvalue weighted by Crippen LogP contribution is 2.26. The molecule has 0 saturated carbocycles. The van der Waals surface area contributed by atoms with Crippen LogP contribution in [0.3, 0.4) is 0 Å². The lowest BCUT2D eigenvalue weighted by Crippen LogP contribution is -2.47. The SMILES string of the molecule is COCc1nc2n(n1)CCCC2NS(=O)(=O)N1CCCC(C)C1. The zero-order valence-corrected chi connectivity index (χ0v) is 14.5. The number of methoxy groups -OCH3 is 1. The molecule has 2 unspecified atom stereocenters. The Labute approximate surface area is 137 Å². The van der Waals surface area contributed by atoms with Gasteiger partial charge in [0.15, 0.2) is 5.82 Å². The molecule has 2 aliphatic rings. The van der Waals surface area contributed by atoms with Gasteiger partial charge in [-0.05, 0) is 31.6 Å². The van der Waals surface area contributed by atoms with Gasteiger partial charge in [-0.1, -0.05) is 6.92 Å². The lowest BCUT2D eigenvalue weighted by Gasteiger charge is -2.32. The van der Waals surface area contributed by atoms with Gasteiger partial charge in [0.1, 0.15) is 12.4 Å². The van der Waals surface area contributed by atoms with Crippen LogP contribution in [0.1, 0.15) is 50.3 Å². The number of aryl methyl sites for hydroxylation is 1. The molecule has 0 aromatic carbocycles. The van der Waals surface area contributed by atoms with Crippen molar-refractivity contribution in [3.63, 3.8) is 0 Å². The van der Waals surface area contributed by atoms with E-state index in [0.717, 1.165) is 32.2 Å². The summed E-state index contributed by atoms with van der Waals surface area (Å²) in [5.41, 5.74) is 0. The number of fused-ring (bicyclic) bond motifs is 1. The average molecular weight is 343 g/mol. The van der Waals surface area contributed by atoms with Gasteiger partial charge >= 0.3 is 0 Å². The van der Waals surface area contributed by atoms with Crippen LogP contribution in [-0.2, 0) is 28.1 Å². The van der Waals surface area contributed by atoms with E-state index in [1.54, 1.807) is 16.1 Å². The van der Waals surface area contributed by atoms with Gasteiger partial charge < -0.3 is 4.74 Å². The molecule has 9 heteroatoms. The van der Waals surface area contributed by atoms with E-state index in [0.29, 0.717) is 37.3 Å². The number of hydrogen-bond donors (Lipinski definition) is 1. The molecule has 1 saturated heterocycles. The largest absolute Gasteiger partial charge is 0.377 e. The summed E-state index contributed by atoms with van der Waals surface area (Å²) >= 11 is 0. The molecule has 0 bridgehead atoms. The highest BCUT2D eigenvalue weighted by molar-refractivity contribution is 7.87. The fraction of sp³-hybridized carbons (Fsp3) is 0.857. The molecule has 1 aromatic heterocycles. The van der Waals surface area contributed by atoms with Gasteiger partial charge in [0.05, 0.1) is 6.04 Å². The van der Waals surface area contributed by atoms with Gasteiger partial charge in [-0.15, -0.1) is 0 Å². The molecule has 1 N–H and O–H groups in total. The first-order chi connectivity index (χ1) is 11.0. The van der Waals surface area contributed by atoms with Crippen LogP contribution < -0.4 is 4.72 Å². The molecule has 2 atom stereocenters. The Hall–Kier alpha value is -1.03. The summed E-state index contributed by atoms with van der Waals surface area (Å²) in [7, 11) is -1.90. The summed E-state index contributed by atoms with van der Waals surface area (Å²) in [5, 5.41) is 4.38. The minimum absolute atomic E-state index is 0.316. The molecule has 0 amide bonds. The van der Waals surface area contributed by atoms with Crippen LogP contribution >= 0.6 is 0 Å². The molecule has 3 rings (SSSR count). The maximum absolute atomic E-state index is 12.7. The molecule has 23 heavy (non-hydrogen) atoms. The predicted octanol–water partition coefficient (Wildman–Crippen LogP) is 0.826. The van der Waals surface area contributed by atoms with Crippen molar-refractivity contribution in [2.75, 3.05) is 20.2 Å². The first kappa shape index (κ1) is 16.8. The fourth-order valence-electron chi connectivity index (χ4n) is 3.32. The van der Waals surface area contributed by atoms with Crippen molar-refractivity contribution in [2.45, 2.75) is 51.8 Å². The molecule has 2 aliphatic heterocycles. The second-order valence-corrected chi connectivity index (χ2v) is 8.17. The van der Waals surface area contributed by atoms with E-state index in [1.165, 1.54) is 0 Å². The van der Waals surface area contributed by atoms with E-state index in [1.807, 2.05) is 0 Å². The lowest BCUT2D eigenvalue weighted by atomic mass is 10.0. The van der Waals surface area contributed by atoms with Crippen molar-refractivity contribution in [3.8, 4) is 0 Å². The minimum Gasteiger partial charge on any atom is -0.377 e. The summed E-state index contributed by atoms with van der Waals surface area (Å²) in [6.45, 7) is 4.38. The number of hydrogen-bond acceptors (Lipinski definition) is 5. The highest BCUT2D eigenvalue weighted by Gasteiger charge is 2.33. The molecule has 1 aromatic rings. The number of ether oxygens (including phenoxy) is 1. The van der Waals surface area contributed by atoms with Gasteiger partial charge in [-0.25, -0.2) is 9.67 Å². The molecule has 0 aliphatic carbocycles. The summed E-state index contributed by atoms with van der Waals surface area (Å²) in [4.78, 5) is 4.45. The van der Waals surface area contributed by atoms with E-state index in [2.05, 4.69) is 21.7 Å². The zero-order chi connectivity index (χ0) is 16.4. The topological polar surface area (TPSA) is 89.3 Å². The van der Waals surface area contributed by atoms with Crippen molar-refractivity contribution in [1.29, 1.82) is 0 Å². The third kappa shape index (κ3) is 3.73. The number of nitrogens with zero attached hydrogens (tertiary/aromatic N) is 4. The van der Waals surface area contributed by atoms with Crippen LogP contribution in [0.2, 0.25) is 0 Å². The Morgan fingerprint density at radius 3 is 2.83 bits per heavy atom. The standard InChI is InChI=1S/C14H25N5O3S/c1-11-5-3-7-18(9-11)23(20,21)17-12-6-4-8-19-14(12)15-13(16-19)10-22-2/h11-12,17H,3-10H2,1-2H3. The van der Waals surface area contributed by atoms with Crippen molar-refractivity contribution in [2.24, 2.45) is 5.92 Å². The highest BCUT2D eigenvalue weighted by atomic mass is 32.2. The van der Waals surface area contributed by atoms with E-state index in [4.69, 9.17) is 4.74 Å². The van der Waals surface area contributed by atoms with Gasteiger partial charge in [0.25, 0.3) is 10.2 Å². The van der Waals surface area contributed by atoms with Crippen LogP contribution in [0.15, 0.2) is 0 Å². The van der Waals surface area contributed by atoms with Crippen LogP contribution in [-0.4, -0.2) is 47.7 Å². The van der Waals surface area contributed by atoms with E-state index < -0.39 is 10.2 Å². The van der Waals surface area contributed by atoms with Crippen LogP contribution in [0.5, 0.6) is 0 Å². The van der Waals surface area contributed by atoms with Crippen molar-refractivity contribution in [1.82, 2.24) is 23.8 Å². The maximum atomic E-state index is 12.7. The fourth-order valence-corrected chi connectivity index (χ4v) is 4.87. The van der Waals surface area contributed by atoms with E-state index in [9.17, 15) is 8.42 Å². The van der Waals surface area contributed by atoms with E-state index >= 15 is 0 Å². The molecule has 0 radical (unpaired) electrons. The number of rotatable bonds is 5. The smallest absolute Gasteiger partial charge is 0.280 e. The molecule has 0 spiro atoms. The summed E-state index contributed by atoms with van der Waals surface area (Å²) in [6.07, 6.45) is 3.63.